The van der Waals surface area contributed by atoms with E-state index < -0.39 is 5.54 Å². The number of nitrogens with zero attached hydrogens (tertiary/aromatic N) is 3. The van der Waals surface area contributed by atoms with Crippen LogP contribution in [-0.4, -0.2) is 44.2 Å². The Bertz CT molecular complexity index is 784. The number of rotatable bonds is 6. The number of urea groups is 1. The van der Waals surface area contributed by atoms with Crippen molar-refractivity contribution in [2.75, 3.05) is 12.3 Å². The number of imidazole rings is 1. The Labute approximate surface area is 145 Å². The van der Waals surface area contributed by atoms with Crippen molar-refractivity contribution in [1.82, 2.24) is 19.8 Å². The van der Waals surface area contributed by atoms with Gasteiger partial charge in [-0.15, -0.1) is 0 Å². The molecule has 1 aliphatic rings. The van der Waals surface area contributed by atoms with Crippen LogP contribution in [0.15, 0.2) is 29.4 Å². The lowest BCUT2D eigenvalue weighted by molar-refractivity contribution is -0.130. The van der Waals surface area contributed by atoms with Crippen LogP contribution >= 0.6 is 11.8 Å². The van der Waals surface area contributed by atoms with Gasteiger partial charge in [0.15, 0.2) is 5.16 Å². The van der Waals surface area contributed by atoms with Gasteiger partial charge in [0.1, 0.15) is 5.54 Å². The zero-order valence-electron chi connectivity index (χ0n) is 14.2. The monoisotopic (exact) mass is 346 g/mol. The highest BCUT2D eigenvalue weighted by Gasteiger charge is 2.43. The van der Waals surface area contributed by atoms with Crippen LogP contribution in [0.25, 0.3) is 11.0 Å². The maximum absolute atomic E-state index is 12.1. The van der Waals surface area contributed by atoms with Crippen molar-refractivity contribution < 1.29 is 9.59 Å². The van der Waals surface area contributed by atoms with Crippen LogP contribution in [0.4, 0.5) is 4.79 Å². The second-order valence-corrected chi connectivity index (χ2v) is 7.40. The molecule has 24 heavy (non-hydrogen) atoms. The third-order valence-corrected chi connectivity index (χ3v) is 5.20. The van der Waals surface area contributed by atoms with Gasteiger partial charge in [0.25, 0.3) is 5.91 Å². The summed E-state index contributed by atoms with van der Waals surface area (Å²) in [5, 5.41) is 3.68. The number of imide groups is 1. The van der Waals surface area contributed by atoms with Gasteiger partial charge in [0.05, 0.1) is 11.0 Å². The molecule has 6 nitrogen and oxygen atoms in total. The van der Waals surface area contributed by atoms with E-state index in [0.29, 0.717) is 6.54 Å². The van der Waals surface area contributed by atoms with Crippen LogP contribution < -0.4 is 5.32 Å². The number of carbonyl (C=O) groups excluding carboxylic acids is 2. The molecule has 0 saturated carbocycles. The predicted octanol–water partition coefficient (Wildman–Crippen LogP) is 2.87. The minimum absolute atomic E-state index is 0.154. The molecule has 1 aromatic carbocycles. The maximum atomic E-state index is 12.1. The summed E-state index contributed by atoms with van der Waals surface area (Å²) in [7, 11) is 0. The SMILES string of the molecule is CCn1c(SCCCN2C(=O)NC(C)(C)C2=O)nc2ccccc21. The van der Waals surface area contributed by atoms with Crippen LogP contribution in [0.2, 0.25) is 0 Å². The van der Waals surface area contributed by atoms with Gasteiger partial charge >= 0.3 is 6.03 Å². The fraction of sp³-hybridized carbons (Fsp3) is 0.471. The van der Waals surface area contributed by atoms with E-state index >= 15 is 0 Å². The van der Waals surface area contributed by atoms with Crippen molar-refractivity contribution in [2.24, 2.45) is 0 Å². The Balaban J connectivity index is 1.60. The van der Waals surface area contributed by atoms with Crippen LogP contribution in [0.1, 0.15) is 27.2 Å². The van der Waals surface area contributed by atoms with Gasteiger partial charge in [-0.25, -0.2) is 9.78 Å². The Morgan fingerprint density at radius 2 is 2.00 bits per heavy atom. The average Bonchev–Trinajstić information content (AvgIpc) is 2.99. The first-order valence-electron chi connectivity index (χ1n) is 8.16. The first-order valence-corrected chi connectivity index (χ1v) is 9.15. The summed E-state index contributed by atoms with van der Waals surface area (Å²) in [5.74, 6) is 0.652. The maximum Gasteiger partial charge on any atom is 0.325 e. The van der Waals surface area contributed by atoms with Crippen LogP contribution in [0.5, 0.6) is 0 Å². The Kier molecular flexibility index (Phi) is 4.54. The number of carbonyl (C=O) groups is 2. The minimum Gasteiger partial charge on any atom is -0.324 e. The number of amides is 3. The Hall–Kier alpha value is -2.02. The predicted molar refractivity (Wildman–Crippen MR) is 95.1 cm³/mol. The van der Waals surface area contributed by atoms with Gasteiger partial charge in [0, 0.05) is 18.8 Å². The number of fused-ring (bicyclic) bond motifs is 1. The van der Waals surface area contributed by atoms with Crippen molar-refractivity contribution in [3.05, 3.63) is 24.3 Å². The molecule has 0 atom stereocenters. The van der Waals surface area contributed by atoms with Crippen LogP contribution in [0.3, 0.4) is 0 Å². The standard InChI is InChI=1S/C17H22N4O2S/c1-4-20-13-9-6-5-8-12(13)18-16(20)24-11-7-10-21-14(22)17(2,3)19-15(21)23/h5-6,8-9H,4,7,10-11H2,1-3H3,(H,19,23). The summed E-state index contributed by atoms with van der Waals surface area (Å²) in [4.78, 5) is 30.0. The summed E-state index contributed by atoms with van der Waals surface area (Å²) < 4.78 is 2.19. The van der Waals surface area contributed by atoms with Crippen molar-refractivity contribution in [3.8, 4) is 0 Å². The molecule has 2 aromatic rings. The van der Waals surface area contributed by atoms with E-state index in [4.69, 9.17) is 0 Å². The highest BCUT2D eigenvalue weighted by atomic mass is 32.2. The molecule has 0 unspecified atom stereocenters. The summed E-state index contributed by atoms with van der Waals surface area (Å²) >= 11 is 1.67. The zero-order valence-corrected chi connectivity index (χ0v) is 15.0. The number of aryl methyl sites for hydroxylation is 1. The van der Waals surface area contributed by atoms with E-state index in [1.807, 2.05) is 18.2 Å². The van der Waals surface area contributed by atoms with E-state index in [-0.39, 0.29) is 11.9 Å². The van der Waals surface area contributed by atoms with E-state index in [2.05, 4.69) is 27.9 Å². The Morgan fingerprint density at radius 3 is 2.67 bits per heavy atom. The second-order valence-electron chi connectivity index (χ2n) is 6.34. The van der Waals surface area contributed by atoms with E-state index in [1.165, 1.54) is 4.90 Å². The molecule has 0 aliphatic carbocycles. The quantitative estimate of drug-likeness (QED) is 0.496. The van der Waals surface area contributed by atoms with Gasteiger partial charge < -0.3 is 9.88 Å². The fourth-order valence-electron chi connectivity index (χ4n) is 2.88. The van der Waals surface area contributed by atoms with Crippen molar-refractivity contribution in [1.29, 1.82) is 0 Å². The third-order valence-electron chi connectivity index (χ3n) is 4.14. The number of para-hydroxylation sites is 2. The molecule has 0 spiro atoms. The van der Waals surface area contributed by atoms with E-state index in [1.54, 1.807) is 25.6 Å². The molecule has 7 heteroatoms. The third kappa shape index (κ3) is 3.00. The highest BCUT2D eigenvalue weighted by molar-refractivity contribution is 7.99. The van der Waals surface area contributed by atoms with Gasteiger partial charge in [0.2, 0.25) is 0 Å². The summed E-state index contributed by atoms with van der Waals surface area (Å²) in [6.07, 6.45) is 0.743. The molecule has 2 heterocycles. The molecule has 3 amide bonds. The smallest absolute Gasteiger partial charge is 0.324 e. The van der Waals surface area contributed by atoms with Crippen LogP contribution in [-0.2, 0) is 11.3 Å². The number of nitrogens with one attached hydrogen (secondary N) is 1. The summed E-state index contributed by atoms with van der Waals surface area (Å²) in [5.41, 5.74) is 1.34. The van der Waals surface area contributed by atoms with Gasteiger partial charge in [-0.05, 0) is 39.3 Å². The fourth-order valence-corrected chi connectivity index (χ4v) is 3.88. The molecule has 0 radical (unpaired) electrons. The lowest BCUT2D eigenvalue weighted by Gasteiger charge is -2.15. The molecule has 0 bridgehead atoms. The van der Waals surface area contributed by atoms with Gasteiger partial charge in [-0.2, -0.15) is 0 Å². The molecular formula is C17H22N4O2S. The van der Waals surface area contributed by atoms with Crippen molar-refractivity contribution >= 4 is 34.7 Å². The second kappa shape index (κ2) is 6.47. The van der Waals surface area contributed by atoms with Crippen molar-refractivity contribution in [3.63, 3.8) is 0 Å². The highest BCUT2D eigenvalue weighted by Crippen LogP contribution is 2.25. The molecule has 1 fully saturated rings. The van der Waals surface area contributed by atoms with E-state index in [0.717, 1.165) is 34.9 Å². The summed E-state index contributed by atoms with van der Waals surface area (Å²) in [6.45, 7) is 6.86. The number of thioether (sulfide) groups is 1. The molecule has 1 aliphatic heterocycles. The molecule has 1 N–H and O–H groups in total. The zero-order chi connectivity index (χ0) is 17.3. The van der Waals surface area contributed by atoms with Crippen molar-refractivity contribution in [2.45, 2.75) is 44.4 Å². The normalized spacial score (nSPS) is 16.9. The molecule has 128 valence electrons. The minimum atomic E-state index is -0.791. The number of hydrogen-bond acceptors (Lipinski definition) is 4. The molecule has 1 saturated heterocycles. The first-order chi connectivity index (χ1) is 11.4. The Morgan fingerprint density at radius 1 is 1.25 bits per heavy atom. The molecule has 3 rings (SSSR count). The molecular weight excluding hydrogens is 324 g/mol. The van der Waals surface area contributed by atoms with Gasteiger partial charge in [-0.1, -0.05) is 23.9 Å². The molecule has 1 aromatic heterocycles. The largest absolute Gasteiger partial charge is 0.325 e. The van der Waals surface area contributed by atoms with E-state index in [9.17, 15) is 9.59 Å². The average molecular weight is 346 g/mol. The number of aromatic nitrogens is 2. The number of benzene rings is 1. The first kappa shape index (κ1) is 16.8. The lowest BCUT2D eigenvalue weighted by Crippen LogP contribution is -2.40. The van der Waals surface area contributed by atoms with Crippen LogP contribution in [0, 0.1) is 0 Å². The number of hydrogen-bond donors (Lipinski definition) is 1. The topological polar surface area (TPSA) is 67.2 Å². The lowest BCUT2D eigenvalue weighted by atomic mass is 10.1. The van der Waals surface area contributed by atoms with Gasteiger partial charge in [-0.3, -0.25) is 9.69 Å². The summed E-state index contributed by atoms with van der Waals surface area (Å²) in [6, 6.07) is 7.80.